The summed E-state index contributed by atoms with van der Waals surface area (Å²) >= 11 is 0. The molecular formula is C23H22FN5O3. The van der Waals surface area contributed by atoms with Gasteiger partial charge in [0.05, 0.1) is 30.3 Å². The number of carbonyl (C=O) groups excluding carboxylic acids is 1. The van der Waals surface area contributed by atoms with Crippen LogP contribution in [-0.2, 0) is 9.53 Å². The minimum absolute atomic E-state index is 0.0363. The van der Waals surface area contributed by atoms with Gasteiger partial charge in [-0.15, -0.1) is 0 Å². The average molecular weight is 435 g/mol. The van der Waals surface area contributed by atoms with Gasteiger partial charge in [-0.2, -0.15) is 0 Å². The topological polar surface area (TPSA) is 99.6 Å². The zero-order valence-corrected chi connectivity index (χ0v) is 17.2. The normalized spacial score (nSPS) is 13.5. The van der Waals surface area contributed by atoms with E-state index in [-0.39, 0.29) is 11.4 Å². The summed E-state index contributed by atoms with van der Waals surface area (Å²) in [6.07, 6.45) is 2.65. The fourth-order valence-electron chi connectivity index (χ4n) is 3.33. The Kier molecular flexibility index (Phi) is 6.27. The second-order valence-corrected chi connectivity index (χ2v) is 7.08. The van der Waals surface area contributed by atoms with Crippen LogP contribution in [0.3, 0.4) is 0 Å². The summed E-state index contributed by atoms with van der Waals surface area (Å²) in [5.74, 6) is -0.541. The molecule has 1 fully saturated rings. The number of nitrogens with zero attached hydrogens (tertiary/aromatic N) is 3. The van der Waals surface area contributed by atoms with E-state index in [9.17, 15) is 14.3 Å². The van der Waals surface area contributed by atoms with Gasteiger partial charge in [0.25, 0.3) is 0 Å². The number of ether oxygens (including phenoxy) is 1. The van der Waals surface area contributed by atoms with E-state index in [1.807, 2.05) is 6.07 Å². The van der Waals surface area contributed by atoms with Crippen molar-refractivity contribution >= 4 is 28.9 Å². The predicted octanol–water partition coefficient (Wildman–Crippen LogP) is 3.69. The molecule has 0 aliphatic carbocycles. The van der Waals surface area contributed by atoms with Crippen LogP contribution in [0.4, 0.5) is 27.4 Å². The van der Waals surface area contributed by atoms with Crippen LogP contribution in [-0.4, -0.2) is 47.3 Å². The van der Waals surface area contributed by atoms with Gasteiger partial charge in [-0.3, -0.25) is 4.79 Å². The molecule has 0 atom stereocenters. The SMILES string of the molecule is C=CC(=O)Nc1cc(-c2ccnc(Nc3ccc(O)c(N4CCOCC4)c3)n2)ccc1F. The molecule has 2 aromatic carbocycles. The predicted molar refractivity (Wildman–Crippen MR) is 121 cm³/mol. The molecule has 2 heterocycles. The summed E-state index contributed by atoms with van der Waals surface area (Å²) in [4.78, 5) is 22.3. The molecule has 4 rings (SSSR count). The van der Waals surface area contributed by atoms with Crippen LogP contribution >= 0.6 is 0 Å². The number of amides is 1. The zero-order valence-electron chi connectivity index (χ0n) is 17.2. The van der Waals surface area contributed by atoms with Crippen LogP contribution in [0.2, 0.25) is 0 Å². The number of nitrogens with one attached hydrogen (secondary N) is 2. The third kappa shape index (κ3) is 4.84. The maximum Gasteiger partial charge on any atom is 0.247 e. The fraction of sp³-hybridized carbons (Fsp3) is 0.174. The first kappa shape index (κ1) is 21.3. The summed E-state index contributed by atoms with van der Waals surface area (Å²) in [6, 6.07) is 11.2. The Balaban J connectivity index is 1.57. The number of phenolic OH excluding ortho intramolecular Hbond substituents is 1. The Hall–Kier alpha value is -3.98. The van der Waals surface area contributed by atoms with Gasteiger partial charge in [-0.05, 0) is 48.5 Å². The van der Waals surface area contributed by atoms with Crippen molar-refractivity contribution in [3.63, 3.8) is 0 Å². The lowest BCUT2D eigenvalue weighted by Gasteiger charge is -2.29. The third-order valence-corrected chi connectivity index (χ3v) is 4.94. The second-order valence-electron chi connectivity index (χ2n) is 7.08. The quantitative estimate of drug-likeness (QED) is 0.401. The number of carbonyl (C=O) groups is 1. The second kappa shape index (κ2) is 9.44. The Labute approximate surface area is 184 Å². The lowest BCUT2D eigenvalue weighted by molar-refractivity contribution is -0.111. The van der Waals surface area contributed by atoms with Gasteiger partial charge in [-0.25, -0.2) is 14.4 Å². The van der Waals surface area contributed by atoms with Crippen molar-refractivity contribution in [3.05, 3.63) is 67.1 Å². The van der Waals surface area contributed by atoms with Crippen molar-refractivity contribution < 1.29 is 19.0 Å². The van der Waals surface area contributed by atoms with Crippen LogP contribution in [0.25, 0.3) is 11.3 Å². The summed E-state index contributed by atoms with van der Waals surface area (Å²) in [7, 11) is 0. The van der Waals surface area contributed by atoms with Crippen molar-refractivity contribution in [2.45, 2.75) is 0 Å². The monoisotopic (exact) mass is 435 g/mol. The van der Waals surface area contributed by atoms with E-state index in [1.54, 1.807) is 30.5 Å². The first-order chi connectivity index (χ1) is 15.5. The van der Waals surface area contributed by atoms with Crippen molar-refractivity contribution in [2.75, 3.05) is 41.8 Å². The highest BCUT2D eigenvalue weighted by atomic mass is 19.1. The van der Waals surface area contributed by atoms with Gasteiger partial charge in [0.15, 0.2) is 0 Å². The molecule has 1 aliphatic rings. The molecule has 9 heteroatoms. The zero-order chi connectivity index (χ0) is 22.5. The molecule has 3 aromatic rings. The van der Waals surface area contributed by atoms with Crippen molar-refractivity contribution in [2.24, 2.45) is 0 Å². The molecule has 3 N–H and O–H groups in total. The van der Waals surface area contributed by atoms with Gasteiger partial charge in [0.2, 0.25) is 11.9 Å². The Morgan fingerprint density at radius 1 is 1.19 bits per heavy atom. The number of morpholine rings is 1. The maximum atomic E-state index is 14.0. The van der Waals surface area contributed by atoms with E-state index in [4.69, 9.17) is 4.74 Å². The van der Waals surface area contributed by atoms with Crippen LogP contribution in [0.15, 0.2) is 61.3 Å². The van der Waals surface area contributed by atoms with Crippen molar-refractivity contribution in [3.8, 4) is 17.0 Å². The van der Waals surface area contributed by atoms with Gasteiger partial charge >= 0.3 is 0 Å². The van der Waals surface area contributed by atoms with E-state index in [2.05, 4.69) is 32.1 Å². The first-order valence-corrected chi connectivity index (χ1v) is 10.0. The molecule has 0 bridgehead atoms. The highest BCUT2D eigenvalue weighted by molar-refractivity contribution is 5.99. The molecule has 1 amide bonds. The minimum Gasteiger partial charge on any atom is -0.506 e. The van der Waals surface area contributed by atoms with E-state index in [0.717, 1.165) is 6.08 Å². The molecule has 32 heavy (non-hydrogen) atoms. The average Bonchev–Trinajstić information content (AvgIpc) is 2.82. The minimum atomic E-state index is -0.559. The Morgan fingerprint density at radius 3 is 2.78 bits per heavy atom. The molecule has 8 nitrogen and oxygen atoms in total. The lowest BCUT2D eigenvalue weighted by atomic mass is 10.1. The lowest BCUT2D eigenvalue weighted by Crippen LogP contribution is -2.36. The molecule has 0 saturated carbocycles. The first-order valence-electron chi connectivity index (χ1n) is 10.0. The summed E-state index contributed by atoms with van der Waals surface area (Å²) < 4.78 is 19.4. The van der Waals surface area contributed by atoms with Gasteiger partial charge in [0, 0.05) is 30.5 Å². The number of rotatable bonds is 6. The molecule has 1 aliphatic heterocycles. The fourth-order valence-corrected chi connectivity index (χ4v) is 3.33. The number of aromatic hydroxyl groups is 1. The van der Waals surface area contributed by atoms with Gasteiger partial charge < -0.3 is 25.4 Å². The summed E-state index contributed by atoms with van der Waals surface area (Å²) in [6.45, 7) is 5.97. The molecule has 164 valence electrons. The van der Waals surface area contributed by atoms with Gasteiger partial charge in [-0.1, -0.05) is 6.58 Å². The number of hydrogen-bond donors (Lipinski definition) is 3. The Bertz CT molecular complexity index is 1150. The standard InChI is InChI=1S/C23H22FN5O3/c1-2-22(31)27-19-13-15(3-5-17(19)24)18-7-8-25-23(28-18)26-16-4-6-21(30)20(14-16)29-9-11-32-12-10-29/h2-8,13-14,30H,1,9-12H2,(H,27,31)(H,25,26,28). The molecule has 0 unspecified atom stereocenters. The summed E-state index contributed by atoms with van der Waals surface area (Å²) in [5.41, 5.74) is 2.60. The number of hydrogen-bond acceptors (Lipinski definition) is 7. The molecule has 1 aromatic heterocycles. The smallest absolute Gasteiger partial charge is 0.247 e. The third-order valence-electron chi connectivity index (χ3n) is 4.94. The molecule has 1 saturated heterocycles. The molecular weight excluding hydrogens is 413 g/mol. The van der Waals surface area contributed by atoms with E-state index in [1.165, 1.54) is 12.1 Å². The van der Waals surface area contributed by atoms with Crippen LogP contribution in [0.1, 0.15) is 0 Å². The van der Waals surface area contributed by atoms with E-state index >= 15 is 0 Å². The van der Waals surface area contributed by atoms with Crippen molar-refractivity contribution in [1.82, 2.24) is 9.97 Å². The highest BCUT2D eigenvalue weighted by Gasteiger charge is 2.16. The van der Waals surface area contributed by atoms with Crippen LogP contribution in [0.5, 0.6) is 5.75 Å². The number of halogens is 1. The largest absolute Gasteiger partial charge is 0.506 e. The summed E-state index contributed by atoms with van der Waals surface area (Å²) in [5, 5.41) is 15.8. The number of anilines is 4. The van der Waals surface area contributed by atoms with E-state index in [0.29, 0.717) is 54.9 Å². The van der Waals surface area contributed by atoms with Crippen LogP contribution < -0.4 is 15.5 Å². The highest BCUT2D eigenvalue weighted by Crippen LogP contribution is 2.32. The van der Waals surface area contributed by atoms with Gasteiger partial charge in [0.1, 0.15) is 11.6 Å². The van der Waals surface area contributed by atoms with E-state index < -0.39 is 11.7 Å². The Morgan fingerprint density at radius 2 is 2.00 bits per heavy atom. The number of phenols is 1. The maximum absolute atomic E-state index is 14.0. The number of benzene rings is 2. The number of aromatic nitrogens is 2. The van der Waals surface area contributed by atoms with Crippen molar-refractivity contribution in [1.29, 1.82) is 0 Å². The van der Waals surface area contributed by atoms with Crippen LogP contribution in [0, 0.1) is 5.82 Å². The molecule has 0 spiro atoms. The molecule has 0 radical (unpaired) electrons.